The third-order valence-corrected chi connectivity index (χ3v) is 7.48. The summed E-state index contributed by atoms with van der Waals surface area (Å²) >= 11 is 6.04. The molecule has 6 heteroatoms. The molecule has 5 aromatic rings. The fourth-order valence-electron chi connectivity index (χ4n) is 5.22. The molecule has 0 saturated carbocycles. The summed E-state index contributed by atoms with van der Waals surface area (Å²) in [6.07, 6.45) is 1.07. The zero-order valence-corrected chi connectivity index (χ0v) is 21.6. The van der Waals surface area contributed by atoms with Crippen LogP contribution in [0.5, 0.6) is 5.75 Å². The molecule has 2 heterocycles. The molecular formula is C31H31ClN4O. The number of imidazole rings is 1. The Hall–Kier alpha value is -3.54. The number of para-hydroxylation sites is 1. The van der Waals surface area contributed by atoms with Gasteiger partial charge in [0.25, 0.3) is 0 Å². The average Bonchev–Trinajstić information content (AvgIpc) is 3.28. The lowest BCUT2D eigenvalue weighted by atomic mass is 10.1. The number of fused-ring (bicyclic) bond motifs is 2. The topological polar surface area (TPSA) is 33.5 Å². The number of aryl methyl sites for hydroxylation is 1. The molecule has 1 aliphatic heterocycles. The summed E-state index contributed by atoms with van der Waals surface area (Å²) in [7, 11) is 0. The highest BCUT2D eigenvalue weighted by Crippen LogP contribution is 2.25. The standard InChI is InChI=1S/C31H31ClN4O/c32-26-11-13-28(14-12-26)37-23-31-33-29-21-24-7-4-5-8-25(24)22-30(29)36(31)16-6-15-34-17-19-35(20-18-34)27-9-2-1-3-10-27/h1-5,7-14,21-22H,6,15-20,23H2. The maximum Gasteiger partial charge on any atom is 0.147 e. The lowest BCUT2D eigenvalue weighted by molar-refractivity contribution is 0.248. The Labute approximate surface area is 222 Å². The van der Waals surface area contributed by atoms with Crippen molar-refractivity contribution >= 4 is 39.1 Å². The van der Waals surface area contributed by atoms with E-state index in [-0.39, 0.29) is 0 Å². The molecule has 188 valence electrons. The van der Waals surface area contributed by atoms with E-state index in [0.29, 0.717) is 11.6 Å². The normalized spacial score (nSPS) is 14.5. The second kappa shape index (κ2) is 10.8. The Morgan fingerprint density at radius 3 is 2.22 bits per heavy atom. The summed E-state index contributed by atoms with van der Waals surface area (Å²) in [5.74, 6) is 1.75. The molecule has 0 radical (unpaired) electrons. The largest absolute Gasteiger partial charge is 0.486 e. The van der Waals surface area contributed by atoms with Crippen molar-refractivity contribution in [1.29, 1.82) is 0 Å². The molecule has 0 aliphatic carbocycles. The van der Waals surface area contributed by atoms with Crippen LogP contribution in [0, 0.1) is 0 Å². The summed E-state index contributed by atoms with van der Waals surface area (Å²) in [5.41, 5.74) is 3.51. The Balaban J connectivity index is 1.16. The monoisotopic (exact) mass is 510 g/mol. The van der Waals surface area contributed by atoms with Gasteiger partial charge in [0, 0.05) is 43.4 Å². The molecule has 0 atom stereocenters. The van der Waals surface area contributed by atoms with E-state index in [2.05, 4.69) is 81.1 Å². The first-order chi connectivity index (χ1) is 18.2. The summed E-state index contributed by atoms with van der Waals surface area (Å²) in [4.78, 5) is 10.1. The summed E-state index contributed by atoms with van der Waals surface area (Å²) < 4.78 is 8.45. The van der Waals surface area contributed by atoms with E-state index < -0.39 is 0 Å². The highest BCUT2D eigenvalue weighted by Gasteiger charge is 2.18. The molecule has 0 N–H and O–H groups in total. The second-order valence-corrected chi connectivity index (χ2v) is 10.1. The van der Waals surface area contributed by atoms with Crippen LogP contribution < -0.4 is 9.64 Å². The van der Waals surface area contributed by atoms with Crippen molar-refractivity contribution in [2.45, 2.75) is 19.6 Å². The van der Waals surface area contributed by atoms with Crippen molar-refractivity contribution in [3.05, 3.63) is 102 Å². The third-order valence-electron chi connectivity index (χ3n) is 7.23. The molecule has 1 aliphatic rings. The lowest BCUT2D eigenvalue weighted by Gasteiger charge is -2.36. The first-order valence-electron chi connectivity index (χ1n) is 13.0. The molecule has 0 bridgehead atoms. The molecule has 6 rings (SSSR count). The Morgan fingerprint density at radius 2 is 1.46 bits per heavy atom. The number of halogens is 1. The molecule has 0 unspecified atom stereocenters. The van der Waals surface area contributed by atoms with Crippen molar-refractivity contribution in [2.24, 2.45) is 0 Å². The number of hydrogen-bond acceptors (Lipinski definition) is 4. The van der Waals surface area contributed by atoms with Gasteiger partial charge in [-0.2, -0.15) is 0 Å². The Bertz CT molecular complexity index is 1470. The number of aromatic nitrogens is 2. The van der Waals surface area contributed by atoms with E-state index >= 15 is 0 Å². The molecule has 4 aromatic carbocycles. The van der Waals surface area contributed by atoms with Crippen LogP contribution >= 0.6 is 11.6 Å². The minimum atomic E-state index is 0.419. The van der Waals surface area contributed by atoms with E-state index in [1.165, 1.54) is 22.0 Å². The molecule has 1 saturated heterocycles. The molecule has 1 aromatic heterocycles. The highest BCUT2D eigenvalue weighted by molar-refractivity contribution is 6.30. The minimum absolute atomic E-state index is 0.419. The Morgan fingerprint density at radius 1 is 0.757 bits per heavy atom. The predicted octanol–water partition coefficient (Wildman–Crippen LogP) is 6.63. The van der Waals surface area contributed by atoms with Crippen molar-refractivity contribution in [3.8, 4) is 5.75 Å². The van der Waals surface area contributed by atoms with Crippen LogP contribution in [0.15, 0.2) is 91.0 Å². The quantitative estimate of drug-likeness (QED) is 0.234. The average molecular weight is 511 g/mol. The van der Waals surface area contributed by atoms with Gasteiger partial charge in [0.05, 0.1) is 11.0 Å². The number of anilines is 1. The van der Waals surface area contributed by atoms with Crippen molar-refractivity contribution in [2.75, 3.05) is 37.6 Å². The van der Waals surface area contributed by atoms with E-state index in [9.17, 15) is 0 Å². The van der Waals surface area contributed by atoms with Gasteiger partial charge in [-0.25, -0.2) is 4.98 Å². The molecule has 0 amide bonds. The smallest absolute Gasteiger partial charge is 0.147 e. The summed E-state index contributed by atoms with van der Waals surface area (Å²) in [6, 6.07) is 31.2. The van der Waals surface area contributed by atoms with E-state index in [1.807, 2.05) is 24.3 Å². The van der Waals surface area contributed by atoms with Crippen LogP contribution in [0.3, 0.4) is 0 Å². The summed E-state index contributed by atoms with van der Waals surface area (Å²) in [6.45, 7) is 6.74. The van der Waals surface area contributed by atoms with E-state index in [1.54, 1.807) is 0 Å². The van der Waals surface area contributed by atoms with E-state index in [4.69, 9.17) is 21.3 Å². The molecule has 1 fully saturated rings. The fourth-order valence-corrected chi connectivity index (χ4v) is 5.35. The maximum atomic E-state index is 6.11. The van der Waals surface area contributed by atoms with Gasteiger partial charge in [0.1, 0.15) is 18.2 Å². The first-order valence-corrected chi connectivity index (χ1v) is 13.4. The van der Waals surface area contributed by atoms with Crippen LogP contribution in [0.1, 0.15) is 12.2 Å². The zero-order valence-electron chi connectivity index (χ0n) is 20.9. The van der Waals surface area contributed by atoms with Gasteiger partial charge in [-0.15, -0.1) is 0 Å². The number of nitrogens with zero attached hydrogens (tertiary/aromatic N) is 4. The van der Waals surface area contributed by atoms with Crippen LogP contribution in [0.4, 0.5) is 5.69 Å². The number of piperazine rings is 1. The van der Waals surface area contributed by atoms with Gasteiger partial charge in [-0.05, 0) is 72.3 Å². The molecule has 37 heavy (non-hydrogen) atoms. The van der Waals surface area contributed by atoms with Crippen molar-refractivity contribution in [3.63, 3.8) is 0 Å². The fraction of sp³-hybridized carbons (Fsp3) is 0.258. The van der Waals surface area contributed by atoms with Crippen LogP contribution in [0.25, 0.3) is 21.8 Å². The third kappa shape index (κ3) is 5.43. The number of benzene rings is 4. The van der Waals surface area contributed by atoms with Gasteiger partial charge < -0.3 is 14.2 Å². The number of rotatable bonds is 8. The van der Waals surface area contributed by atoms with Crippen molar-refractivity contribution < 1.29 is 4.74 Å². The van der Waals surface area contributed by atoms with E-state index in [0.717, 1.165) is 62.8 Å². The van der Waals surface area contributed by atoms with Gasteiger partial charge in [-0.3, -0.25) is 4.90 Å². The van der Waals surface area contributed by atoms with Gasteiger partial charge in [-0.1, -0.05) is 54.1 Å². The van der Waals surface area contributed by atoms with Crippen molar-refractivity contribution in [1.82, 2.24) is 14.5 Å². The maximum absolute atomic E-state index is 6.11. The number of ether oxygens (including phenoxy) is 1. The second-order valence-electron chi connectivity index (χ2n) is 9.63. The first kappa shape index (κ1) is 23.8. The molecule has 0 spiro atoms. The molecule has 5 nitrogen and oxygen atoms in total. The minimum Gasteiger partial charge on any atom is -0.486 e. The zero-order chi connectivity index (χ0) is 25.0. The van der Waals surface area contributed by atoms with Crippen LogP contribution in [-0.2, 0) is 13.2 Å². The SMILES string of the molecule is Clc1ccc(OCc2nc3cc4ccccc4cc3n2CCCN2CCN(c3ccccc3)CC2)cc1. The number of hydrogen-bond donors (Lipinski definition) is 0. The predicted molar refractivity (Wildman–Crippen MR) is 153 cm³/mol. The summed E-state index contributed by atoms with van der Waals surface area (Å²) in [5, 5.41) is 3.15. The van der Waals surface area contributed by atoms with Crippen LogP contribution in [-0.4, -0.2) is 47.2 Å². The lowest BCUT2D eigenvalue weighted by Crippen LogP contribution is -2.46. The Kier molecular flexibility index (Phi) is 6.98. The highest BCUT2D eigenvalue weighted by atomic mass is 35.5. The van der Waals surface area contributed by atoms with Crippen LogP contribution in [0.2, 0.25) is 5.02 Å². The van der Waals surface area contributed by atoms with Gasteiger partial charge in [0.15, 0.2) is 0 Å². The van der Waals surface area contributed by atoms with Gasteiger partial charge in [0.2, 0.25) is 0 Å². The molecular weight excluding hydrogens is 480 g/mol. The van der Waals surface area contributed by atoms with Gasteiger partial charge >= 0.3 is 0 Å².